The fraction of sp³-hybridized carbons (Fsp3) is 0.625. The molecular weight excluding hydrogens is 220 g/mol. The minimum atomic E-state index is 0.138. The molecule has 2 N–H and O–H groups in total. The third kappa shape index (κ3) is 4.43. The topological polar surface area (TPSA) is 29.3 Å². The first-order valence-electron chi connectivity index (χ1n) is 6.86. The van der Waals surface area contributed by atoms with Crippen LogP contribution < -0.4 is 5.73 Å². The van der Waals surface area contributed by atoms with Gasteiger partial charge in [-0.25, -0.2) is 0 Å². The average molecular weight is 248 g/mol. The Morgan fingerprint density at radius 1 is 1.11 bits per heavy atom. The average Bonchev–Trinajstić information content (AvgIpc) is 2.29. The molecule has 18 heavy (non-hydrogen) atoms. The molecule has 0 heterocycles. The minimum Gasteiger partial charge on any atom is -0.327 e. The van der Waals surface area contributed by atoms with Gasteiger partial charge in [0, 0.05) is 25.2 Å². The van der Waals surface area contributed by atoms with Crippen LogP contribution in [0.1, 0.15) is 40.2 Å². The number of benzene rings is 1. The molecule has 1 rings (SSSR count). The Morgan fingerprint density at radius 3 is 2.11 bits per heavy atom. The molecular formula is C16H28N2. The molecule has 0 saturated heterocycles. The lowest BCUT2D eigenvalue weighted by atomic mass is 9.85. The van der Waals surface area contributed by atoms with Crippen LogP contribution in [0.15, 0.2) is 30.3 Å². The van der Waals surface area contributed by atoms with Gasteiger partial charge in [0.25, 0.3) is 0 Å². The second-order valence-corrected chi connectivity index (χ2v) is 6.26. The van der Waals surface area contributed by atoms with E-state index in [0.717, 1.165) is 13.1 Å². The molecule has 0 radical (unpaired) electrons. The summed E-state index contributed by atoms with van der Waals surface area (Å²) in [6.45, 7) is 13.1. The Bertz CT molecular complexity index is 341. The molecule has 0 spiro atoms. The van der Waals surface area contributed by atoms with E-state index in [-0.39, 0.29) is 11.5 Å². The maximum absolute atomic E-state index is 6.09. The van der Waals surface area contributed by atoms with E-state index in [0.29, 0.717) is 6.04 Å². The van der Waals surface area contributed by atoms with Gasteiger partial charge < -0.3 is 5.73 Å². The molecule has 102 valence electrons. The largest absolute Gasteiger partial charge is 0.327 e. The van der Waals surface area contributed by atoms with Crippen molar-refractivity contribution in [3.8, 4) is 0 Å². The van der Waals surface area contributed by atoms with Crippen LogP contribution in [-0.4, -0.2) is 23.5 Å². The van der Waals surface area contributed by atoms with E-state index in [2.05, 4.69) is 69.9 Å². The quantitative estimate of drug-likeness (QED) is 0.837. The van der Waals surface area contributed by atoms with Crippen LogP contribution in [0.25, 0.3) is 0 Å². The first kappa shape index (κ1) is 15.2. The van der Waals surface area contributed by atoms with E-state index in [9.17, 15) is 0 Å². The highest BCUT2D eigenvalue weighted by atomic mass is 15.2. The zero-order chi connectivity index (χ0) is 13.8. The molecule has 0 aromatic heterocycles. The van der Waals surface area contributed by atoms with E-state index >= 15 is 0 Å². The predicted octanol–water partition coefficient (Wildman–Crippen LogP) is 3.27. The Balaban J connectivity index is 2.73. The Kier molecular flexibility index (Phi) is 5.36. The second kappa shape index (κ2) is 6.35. The summed E-state index contributed by atoms with van der Waals surface area (Å²) < 4.78 is 0. The Hall–Kier alpha value is -0.860. The van der Waals surface area contributed by atoms with Crippen LogP contribution in [-0.2, 0) is 6.54 Å². The summed E-state index contributed by atoms with van der Waals surface area (Å²) in [5, 5.41) is 0. The van der Waals surface area contributed by atoms with Gasteiger partial charge in [0.15, 0.2) is 0 Å². The van der Waals surface area contributed by atoms with Gasteiger partial charge in [-0.3, -0.25) is 4.90 Å². The normalized spacial score (nSPS) is 14.2. The van der Waals surface area contributed by atoms with Crippen molar-refractivity contribution >= 4 is 0 Å². The van der Waals surface area contributed by atoms with Crippen molar-refractivity contribution in [3.05, 3.63) is 35.9 Å². The highest BCUT2D eigenvalue weighted by Crippen LogP contribution is 2.23. The fourth-order valence-corrected chi connectivity index (χ4v) is 1.91. The predicted molar refractivity (Wildman–Crippen MR) is 79.4 cm³/mol. The SMILES string of the molecule is CC(C)N(Cc1ccccc1)CC(C)(C)C(C)N. The molecule has 0 aliphatic rings. The molecule has 0 fully saturated rings. The van der Waals surface area contributed by atoms with Crippen LogP contribution in [0.4, 0.5) is 0 Å². The van der Waals surface area contributed by atoms with Crippen molar-refractivity contribution in [1.29, 1.82) is 0 Å². The summed E-state index contributed by atoms with van der Waals surface area (Å²) in [6.07, 6.45) is 0. The second-order valence-electron chi connectivity index (χ2n) is 6.26. The lowest BCUT2D eigenvalue weighted by Crippen LogP contribution is -2.46. The van der Waals surface area contributed by atoms with Gasteiger partial charge in [0.2, 0.25) is 0 Å². The van der Waals surface area contributed by atoms with Crippen molar-refractivity contribution in [2.45, 2.75) is 53.2 Å². The van der Waals surface area contributed by atoms with Gasteiger partial charge in [-0.15, -0.1) is 0 Å². The first-order chi connectivity index (χ1) is 8.33. The fourth-order valence-electron chi connectivity index (χ4n) is 1.91. The number of hydrogen-bond acceptors (Lipinski definition) is 2. The third-order valence-electron chi connectivity index (χ3n) is 3.80. The number of nitrogens with two attached hydrogens (primary N) is 1. The molecule has 0 amide bonds. The third-order valence-corrected chi connectivity index (χ3v) is 3.80. The maximum Gasteiger partial charge on any atom is 0.0236 e. The number of hydrogen-bond donors (Lipinski definition) is 1. The van der Waals surface area contributed by atoms with Crippen molar-refractivity contribution in [2.75, 3.05) is 6.54 Å². The first-order valence-corrected chi connectivity index (χ1v) is 6.86. The van der Waals surface area contributed by atoms with Crippen molar-refractivity contribution in [2.24, 2.45) is 11.1 Å². The minimum absolute atomic E-state index is 0.138. The smallest absolute Gasteiger partial charge is 0.0236 e. The zero-order valence-electron chi connectivity index (χ0n) is 12.5. The Morgan fingerprint density at radius 2 is 1.67 bits per heavy atom. The van der Waals surface area contributed by atoms with Crippen LogP contribution >= 0.6 is 0 Å². The molecule has 0 saturated carbocycles. The van der Waals surface area contributed by atoms with Gasteiger partial charge in [-0.2, -0.15) is 0 Å². The standard InChI is InChI=1S/C16H28N2/c1-13(2)18(12-16(4,5)14(3)17)11-15-9-7-6-8-10-15/h6-10,13-14H,11-12,17H2,1-5H3. The van der Waals surface area contributed by atoms with Crippen molar-refractivity contribution in [3.63, 3.8) is 0 Å². The highest BCUT2D eigenvalue weighted by molar-refractivity contribution is 5.14. The van der Waals surface area contributed by atoms with Gasteiger partial charge in [-0.05, 0) is 31.7 Å². The zero-order valence-corrected chi connectivity index (χ0v) is 12.5. The monoisotopic (exact) mass is 248 g/mol. The summed E-state index contributed by atoms with van der Waals surface area (Å²) >= 11 is 0. The van der Waals surface area contributed by atoms with Gasteiger partial charge >= 0.3 is 0 Å². The summed E-state index contributed by atoms with van der Waals surface area (Å²) in [4.78, 5) is 2.50. The lowest BCUT2D eigenvalue weighted by molar-refractivity contribution is 0.122. The molecule has 2 heteroatoms. The van der Waals surface area contributed by atoms with Crippen LogP contribution in [0, 0.1) is 5.41 Å². The van der Waals surface area contributed by atoms with E-state index in [1.165, 1.54) is 5.56 Å². The van der Waals surface area contributed by atoms with E-state index in [4.69, 9.17) is 5.73 Å². The van der Waals surface area contributed by atoms with Crippen LogP contribution in [0.5, 0.6) is 0 Å². The van der Waals surface area contributed by atoms with Gasteiger partial charge in [0.05, 0.1) is 0 Å². The van der Waals surface area contributed by atoms with Crippen LogP contribution in [0.3, 0.4) is 0 Å². The maximum atomic E-state index is 6.09. The molecule has 1 aromatic carbocycles. The number of rotatable bonds is 6. The van der Waals surface area contributed by atoms with Crippen LogP contribution in [0.2, 0.25) is 0 Å². The van der Waals surface area contributed by atoms with Gasteiger partial charge in [0.1, 0.15) is 0 Å². The molecule has 1 aromatic rings. The number of nitrogens with zero attached hydrogens (tertiary/aromatic N) is 1. The summed E-state index contributed by atoms with van der Waals surface area (Å²) in [6, 6.07) is 11.4. The molecule has 0 aliphatic heterocycles. The Labute approximate surface area is 112 Å². The van der Waals surface area contributed by atoms with Crippen molar-refractivity contribution in [1.82, 2.24) is 4.90 Å². The molecule has 1 unspecified atom stereocenters. The van der Waals surface area contributed by atoms with E-state index < -0.39 is 0 Å². The van der Waals surface area contributed by atoms with E-state index in [1.54, 1.807) is 0 Å². The molecule has 1 atom stereocenters. The highest BCUT2D eigenvalue weighted by Gasteiger charge is 2.27. The summed E-state index contributed by atoms with van der Waals surface area (Å²) in [5.74, 6) is 0. The van der Waals surface area contributed by atoms with Gasteiger partial charge in [-0.1, -0.05) is 44.2 Å². The molecule has 0 bridgehead atoms. The molecule has 2 nitrogen and oxygen atoms in total. The van der Waals surface area contributed by atoms with Crippen molar-refractivity contribution < 1.29 is 0 Å². The lowest BCUT2D eigenvalue weighted by Gasteiger charge is -2.37. The van der Waals surface area contributed by atoms with E-state index in [1.807, 2.05) is 0 Å². The summed E-state index contributed by atoms with van der Waals surface area (Å²) in [7, 11) is 0. The summed E-state index contributed by atoms with van der Waals surface area (Å²) in [5.41, 5.74) is 7.59. The molecule has 0 aliphatic carbocycles.